The minimum absolute atomic E-state index is 0.334. The molecule has 5 rings (SSSR count). The van der Waals surface area contributed by atoms with Gasteiger partial charge in [-0.25, -0.2) is 4.99 Å². The first kappa shape index (κ1) is 21.2. The highest BCUT2D eigenvalue weighted by Gasteiger charge is 2.49. The van der Waals surface area contributed by atoms with Gasteiger partial charge in [-0.1, -0.05) is 100 Å². The summed E-state index contributed by atoms with van der Waals surface area (Å²) in [6.07, 6.45) is 8.26. The molecule has 164 valence electrons. The van der Waals surface area contributed by atoms with E-state index in [1.165, 1.54) is 49.1 Å². The van der Waals surface area contributed by atoms with E-state index in [-0.39, 0.29) is 0 Å². The first-order chi connectivity index (χ1) is 15.2. The van der Waals surface area contributed by atoms with Crippen molar-refractivity contribution in [2.45, 2.75) is 64.1 Å². The zero-order chi connectivity index (χ0) is 21.2. The van der Waals surface area contributed by atoms with E-state index in [2.05, 4.69) is 74.5 Å². The molecule has 0 radical (unpaired) electrons. The molecule has 2 fully saturated rings. The first-order valence-electron chi connectivity index (χ1n) is 12.3. The largest absolute Gasteiger partial charge is 0.478 e. The van der Waals surface area contributed by atoms with Crippen molar-refractivity contribution >= 4 is 24.4 Å². The summed E-state index contributed by atoms with van der Waals surface area (Å²) in [5, 5.41) is 3.03. The summed E-state index contributed by atoms with van der Waals surface area (Å²) in [7, 11) is -0.453. The van der Waals surface area contributed by atoms with Crippen molar-refractivity contribution < 1.29 is 4.74 Å². The molecule has 0 amide bonds. The minimum Gasteiger partial charge on any atom is -0.478 e. The fourth-order valence-corrected chi connectivity index (χ4v) is 9.56. The number of ether oxygens (including phenoxy) is 1. The maximum atomic E-state index is 6.33. The summed E-state index contributed by atoms with van der Waals surface area (Å²) >= 11 is 0. The van der Waals surface area contributed by atoms with Crippen molar-refractivity contribution in [3.63, 3.8) is 0 Å². The maximum Gasteiger partial charge on any atom is 0.187 e. The molecule has 2 aromatic rings. The van der Waals surface area contributed by atoms with Gasteiger partial charge >= 0.3 is 0 Å². The molecule has 0 bridgehead atoms. The molecule has 3 aliphatic rings. The van der Waals surface area contributed by atoms with Gasteiger partial charge in [-0.05, 0) is 49.1 Å². The van der Waals surface area contributed by atoms with Crippen LogP contribution in [0.15, 0.2) is 65.7 Å². The molecular weight excluding hydrogens is 397 g/mol. The Labute approximate surface area is 189 Å². The lowest BCUT2D eigenvalue weighted by Gasteiger charge is -2.36. The van der Waals surface area contributed by atoms with E-state index in [9.17, 15) is 0 Å². The third-order valence-corrected chi connectivity index (χ3v) is 10.9. The van der Waals surface area contributed by atoms with Crippen LogP contribution in [0.4, 0.5) is 0 Å². The number of rotatable bonds is 6. The van der Waals surface area contributed by atoms with Gasteiger partial charge < -0.3 is 4.74 Å². The second-order valence-corrected chi connectivity index (χ2v) is 12.4. The molecule has 2 nitrogen and oxygen atoms in total. The Hall–Kier alpha value is -1.66. The van der Waals surface area contributed by atoms with Gasteiger partial charge in [0.15, 0.2) is 5.90 Å². The molecular formula is C28H36NOP. The SMILES string of the molecule is CC(C)C1COC(C2CCC(C3CCCC3)[C@H]2P(c2ccccc2)c2ccccc2)=N1. The van der Waals surface area contributed by atoms with Gasteiger partial charge in [0, 0.05) is 11.6 Å². The molecule has 0 aromatic heterocycles. The van der Waals surface area contributed by atoms with Crippen molar-refractivity contribution in [2.24, 2.45) is 28.7 Å². The molecule has 0 saturated heterocycles. The van der Waals surface area contributed by atoms with Crippen molar-refractivity contribution in [2.75, 3.05) is 6.61 Å². The van der Waals surface area contributed by atoms with Gasteiger partial charge in [0.1, 0.15) is 6.61 Å². The van der Waals surface area contributed by atoms with Gasteiger partial charge in [-0.2, -0.15) is 0 Å². The molecule has 1 heterocycles. The Morgan fingerprint density at radius 3 is 2.00 bits per heavy atom. The predicted octanol–water partition coefficient (Wildman–Crippen LogP) is 6.16. The molecule has 3 unspecified atom stereocenters. The van der Waals surface area contributed by atoms with Crippen LogP contribution in [0, 0.1) is 23.7 Å². The van der Waals surface area contributed by atoms with Crippen LogP contribution in [-0.4, -0.2) is 24.2 Å². The zero-order valence-corrected chi connectivity index (χ0v) is 19.9. The lowest BCUT2D eigenvalue weighted by molar-refractivity contribution is 0.274. The van der Waals surface area contributed by atoms with Gasteiger partial charge in [-0.3, -0.25) is 0 Å². The van der Waals surface area contributed by atoms with Gasteiger partial charge in [-0.15, -0.1) is 0 Å². The van der Waals surface area contributed by atoms with Crippen molar-refractivity contribution in [3.8, 4) is 0 Å². The van der Waals surface area contributed by atoms with Crippen LogP contribution >= 0.6 is 7.92 Å². The molecule has 2 aliphatic carbocycles. The van der Waals surface area contributed by atoms with Crippen molar-refractivity contribution in [1.82, 2.24) is 0 Å². The molecule has 0 spiro atoms. The Kier molecular flexibility index (Phi) is 6.46. The number of hydrogen-bond acceptors (Lipinski definition) is 2. The quantitative estimate of drug-likeness (QED) is 0.500. The summed E-state index contributed by atoms with van der Waals surface area (Å²) in [5.74, 6) is 3.79. The van der Waals surface area contributed by atoms with E-state index in [4.69, 9.17) is 9.73 Å². The Morgan fingerprint density at radius 2 is 1.45 bits per heavy atom. The highest BCUT2D eigenvalue weighted by atomic mass is 31.1. The summed E-state index contributed by atoms with van der Waals surface area (Å²) in [6.45, 7) is 5.32. The summed E-state index contributed by atoms with van der Waals surface area (Å²) < 4.78 is 6.33. The molecule has 31 heavy (non-hydrogen) atoms. The van der Waals surface area contributed by atoms with Gasteiger partial charge in [0.25, 0.3) is 0 Å². The minimum atomic E-state index is -0.453. The summed E-state index contributed by atoms with van der Waals surface area (Å²) in [6, 6.07) is 23.0. The third kappa shape index (κ3) is 4.34. The predicted molar refractivity (Wildman–Crippen MR) is 133 cm³/mol. The lowest BCUT2D eigenvalue weighted by atomic mass is 9.88. The summed E-state index contributed by atoms with van der Waals surface area (Å²) in [4.78, 5) is 5.16. The molecule has 3 heteroatoms. The van der Waals surface area contributed by atoms with Crippen LogP contribution in [0.5, 0.6) is 0 Å². The van der Waals surface area contributed by atoms with Crippen LogP contribution < -0.4 is 10.6 Å². The highest BCUT2D eigenvalue weighted by molar-refractivity contribution is 7.73. The van der Waals surface area contributed by atoms with E-state index in [1.54, 1.807) is 0 Å². The first-order valence-corrected chi connectivity index (χ1v) is 13.7. The van der Waals surface area contributed by atoms with E-state index in [1.807, 2.05) is 0 Å². The van der Waals surface area contributed by atoms with Crippen LogP contribution in [-0.2, 0) is 4.74 Å². The maximum absolute atomic E-state index is 6.33. The normalized spacial score (nSPS) is 29.0. The molecule has 1 aliphatic heterocycles. The summed E-state index contributed by atoms with van der Waals surface area (Å²) in [5.41, 5.74) is 0.632. The number of hydrogen-bond donors (Lipinski definition) is 0. The highest BCUT2D eigenvalue weighted by Crippen LogP contribution is 2.57. The topological polar surface area (TPSA) is 21.6 Å². The number of nitrogens with zero attached hydrogens (tertiary/aromatic N) is 1. The van der Waals surface area contributed by atoms with E-state index >= 15 is 0 Å². The van der Waals surface area contributed by atoms with E-state index in [0.29, 0.717) is 23.5 Å². The second kappa shape index (κ2) is 9.45. The van der Waals surface area contributed by atoms with E-state index < -0.39 is 7.92 Å². The van der Waals surface area contributed by atoms with Crippen molar-refractivity contribution in [1.29, 1.82) is 0 Å². The number of benzene rings is 2. The van der Waals surface area contributed by atoms with Crippen LogP contribution in [0.3, 0.4) is 0 Å². The van der Waals surface area contributed by atoms with Crippen LogP contribution in [0.1, 0.15) is 52.4 Å². The Balaban J connectivity index is 1.57. The monoisotopic (exact) mass is 433 g/mol. The average Bonchev–Trinajstić information content (AvgIpc) is 3.56. The van der Waals surface area contributed by atoms with Crippen LogP contribution in [0.25, 0.3) is 0 Å². The standard InChI is InChI=1S/C28H36NOP/c1-20(2)26-19-30-28(29-26)25-18-17-24(21-11-9-10-12-21)27(25)31(22-13-5-3-6-14-22)23-15-7-4-8-16-23/h3-8,13-16,20-21,24-27H,9-12,17-19H2,1-2H3/t24?,25?,26?,27-/m1/s1. The molecule has 0 N–H and O–H groups in total. The lowest BCUT2D eigenvalue weighted by Crippen LogP contribution is -2.35. The molecule has 2 aromatic carbocycles. The molecule has 4 atom stereocenters. The van der Waals surface area contributed by atoms with Gasteiger partial charge in [0.2, 0.25) is 0 Å². The fraction of sp³-hybridized carbons (Fsp3) is 0.536. The Morgan fingerprint density at radius 1 is 0.839 bits per heavy atom. The van der Waals surface area contributed by atoms with Crippen molar-refractivity contribution in [3.05, 3.63) is 60.7 Å². The molecule has 2 saturated carbocycles. The van der Waals surface area contributed by atoms with E-state index in [0.717, 1.165) is 24.3 Å². The number of aliphatic imine (C=N–C) groups is 1. The third-order valence-electron chi connectivity index (χ3n) is 7.82. The van der Waals surface area contributed by atoms with Crippen LogP contribution in [0.2, 0.25) is 0 Å². The zero-order valence-electron chi connectivity index (χ0n) is 19.0. The smallest absolute Gasteiger partial charge is 0.187 e. The Bertz CT molecular complexity index is 835. The van der Waals surface area contributed by atoms with Gasteiger partial charge in [0.05, 0.1) is 6.04 Å². The second-order valence-electron chi connectivity index (χ2n) is 10.0. The average molecular weight is 434 g/mol. The fourth-order valence-electron chi connectivity index (χ4n) is 6.18.